The summed E-state index contributed by atoms with van der Waals surface area (Å²) in [5.41, 5.74) is 0. The number of hydrogen-bond donors (Lipinski definition) is 3. The van der Waals surface area contributed by atoms with E-state index < -0.39 is 24.4 Å². The van der Waals surface area contributed by atoms with Gasteiger partial charge in [0.2, 0.25) is 0 Å². The molecule has 0 spiro atoms. The van der Waals surface area contributed by atoms with Crippen LogP contribution in [0.2, 0.25) is 0 Å². The number of rotatable bonds is 1. The van der Waals surface area contributed by atoms with Gasteiger partial charge in [-0.1, -0.05) is 0 Å². The van der Waals surface area contributed by atoms with E-state index in [9.17, 15) is 0 Å². The molecule has 1 rings (SSSR count). The predicted molar refractivity (Wildman–Crippen MR) is 33.4 cm³/mol. The van der Waals surface area contributed by atoms with Crippen molar-refractivity contribution < 1.29 is 20.1 Å². The Kier molecular flexibility index (Phi) is 2.25. The zero-order valence-corrected chi connectivity index (χ0v) is 5.77. The van der Waals surface area contributed by atoms with Gasteiger partial charge in [-0.05, 0) is 0 Å². The maximum Gasteiger partial charge on any atom is 0.109 e. The lowest BCUT2D eigenvalue weighted by atomic mass is 10.2. The van der Waals surface area contributed by atoms with Crippen molar-refractivity contribution >= 4 is 0 Å². The molecule has 1 saturated carbocycles. The minimum Gasteiger partial charge on any atom is -0.390 e. The molecule has 1 fully saturated rings. The third-order valence-corrected chi connectivity index (χ3v) is 1.90. The second-order valence-corrected chi connectivity index (χ2v) is 2.56. The standard InChI is InChI=1S/C6H12O4/c1-10-4-2-3(7)5(8)6(4)9/h3-9H,2H2,1H3. The quantitative estimate of drug-likeness (QED) is 0.422. The van der Waals surface area contributed by atoms with Gasteiger partial charge in [-0.2, -0.15) is 0 Å². The molecule has 3 N–H and O–H groups in total. The van der Waals surface area contributed by atoms with Gasteiger partial charge in [0.05, 0.1) is 12.2 Å². The fraction of sp³-hybridized carbons (Fsp3) is 1.00. The summed E-state index contributed by atoms with van der Waals surface area (Å²) in [6.45, 7) is 0. The highest BCUT2D eigenvalue weighted by Gasteiger charge is 2.40. The van der Waals surface area contributed by atoms with Gasteiger partial charge >= 0.3 is 0 Å². The Hall–Kier alpha value is -0.160. The highest BCUT2D eigenvalue weighted by atomic mass is 16.5. The normalized spacial score (nSPS) is 48.0. The number of aliphatic hydroxyl groups excluding tert-OH is 3. The van der Waals surface area contributed by atoms with Crippen molar-refractivity contribution in [3.63, 3.8) is 0 Å². The van der Waals surface area contributed by atoms with Gasteiger partial charge in [-0.15, -0.1) is 0 Å². The first-order valence-corrected chi connectivity index (χ1v) is 3.24. The molecule has 60 valence electrons. The van der Waals surface area contributed by atoms with Gasteiger partial charge in [0.1, 0.15) is 12.2 Å². The minimum absolute atomic E-state index is 0.304. The molecule has 0 aliphatic heterocycles. The zero-order valence-electron chi connectivity index (χ0n) is 5.77. The number of ether oxygens (including phenoxy) is 1. The summed E-state index contributed by atoms with van der Waals surface area (Å²) < 4.78 is 4.79. The molecule has 1 aliphatic rings. The molecule has 4 unspecified atom stereocenters. The van der Waals surface area contributed by atoms with Crippen molar-refractivity contribution in [2.24, 2.45) is 0 Å². The fourth-order valence-electron chi connectivity index (χ4n) is 1.20. The van der Waals surface area contributed by atoms with Crippen LogP contribution in [0.15, 0.2) is 0 Å². The van der Waals surface area contributed by atoms with E-state index in [1.165, 1.54) is 7.11 Å². The van der Waals surface area contributed by atoms with Crippen LogP contribution in [0.25, 0.3) is 0 Å². The molecular formula is C6H12O4. The average molecular weight is 148 g/mol. The molecule has 4 heteroatoms. The lowest BCUT2D eigenvalue weighted by Gasteiger charge is -2.13. The topological polar surface area (TPSA) is 69.9 Å². The van der Waals surface area contributed by atoms with Crippen LogP contribution in [-0.2, 0) is 4.74 Å². The Labute approximate surface area is 59.1 Å². The summed E-state index contributed by atoms with van der Waals surface area (Å²) in [5, 5.41) is 27.1. The molecule has 0 radical (unpaired) electrons. The highest BCUT2D eigenvalue weighted by Crippen LogP contribution is 2.22. The highest BCUT2D eigenvalue weighted by molar-refractivity contribution is 4.91. The number of hydrogen-bond acceptors (Lipinski definition) is 4. The van der Waals surface area contributed by atoms with Crippen LogP contribution in [0.1, 0.15) is 6.42 Å². The Balaban J connectivity index is 2.53. The van der Waals surface area contributed by atoms with Crippen LogP contribution in [0.4, 0.5) is 0 Å². The van der Waals surface area contributed by atoms with Gasteiger partial charge in [0.25, 0.3) is 0 Å². The lowest BCUT2D eigenvalue weighted by Crippen LogP contribution is -2.32. The van der Waals surface area contributed by atoms with E-state index >= 15 is 0 Å². The van der Waals surface area contributed by atoms with Crippen LogP contribution in [0.3, 0.4) is 0 Å². The second-order valence-electron chi connectivity index (χ2n) is 2.56. The van der Waals surface area contributed by atoms with Crippen LogP contribution in [0.5, 0.6) is 0 Å². The molecule has 1 aliphatic carbocycles. The van der Waals surface area contributed by atoms with Gasteiger partial charge in [0, 0.05) is 13.5 Å². The first kappa shape index (κ1) is 7.94. The van der Waals surface area contributed by atoms with Gasteiger partial charge in [-0.3, -0.25) is 0 Å². The first-order valence-electron chi connectivity index (χ1n) is 3.24. The van der Waals surface area contributed by atoms with E-state index in [2.05, 4.69) is 0 Å². The lowest BCUT2D eigenvalue weighted by molar-refractivity contribution is -0.0513. The number of methoxy groups -OCH3 is 1. The van der Waals surface area contributed by atoms with Crippen molar-refractivity contribution in [3.8, 4) is 0 Å². The van der Waals surface area contributed by atoms with Gasteiger partial charge < -0.3 is 20.1 Å². The van der Waals surface area contributed by atoms with E-state index in [0.29, 0.717) is 6.42 Å². The van der Waals surface area contributed by atoms with Crippen molar-refractivity contribution in [2.45, 2.75) is 30.8 Å². The Morgan fingerprint density at radius 2 is 1.80 bits per heavy atom. The van der Waals surface area contributed by atoms with E-state index in [1.807, 2.05) is 0 Å². The maximum absolute atomic E-state index is 9.09. The maximum atomic E-state index is 9.09. The average Bonchev–Trinajstić information content (AvgIpc) is 2.17. The molecule has 0 aromatic heterocycles. The predicted octanol–water partition coefficient (Wildman–Crippen LogP) is -1.51. The van der Waals surface area contributed by atoms with E-state index in [-0.39, 0.29) is 0 Å². The molecular weight excluding hydrogens is 136 g/mol. The van der Waals surface area contributed by atoms with Crippen LogP contribution in [-0.4, -0.2) is 46.8 Å². The molecule has 0 bridgehead atoms. The molecule has 10 heavy (non-hydrogen) atoms. The molecule has 4 atom stereocenters. The molecule has 0 aromatic rings. The molecule has 0 heterocycles. The van der Waals surface area contributed by atoms with Crippen LogP contribution < -0.4 is 0 Å². The Bertz CT molecular complexity index is 116. The molecule has 0 amide bonds. The van der Waals surface area contributed by atoms with E-state index in [0.717, 1.165) is 0 Å². The molecule has 0 aromatic carbocycles. The van der Waals surface area contributed by atoms with Crippen molar-refractivity contribution in [2.75, 3.05) is 7.11 Å². The van der Waals surface area contributed by atoms with Gasteiger partial charge in [-0.25, -0.2) is 0 Å². The molecule has 4 nitrogen and oxygen atoms in total. The largest absolute Gasteiger partial charge is 0.390 e. The summed E-state index contributed by atoms with van der Waals surface area (Å²) in [4.78, 5) is 0. The summed E-state index contributed by atoms with van der Waals surface area (Å²) in [6.07, 6.45) is -2.96. The Morgan fingerprint density at radius 3 is 2.00 bits per heavy atom. The monoisotopic (exact) mass is 148 g/mol. The molecule has 0 saturated heterocycles. The summed E-state index contributed by atoms with van der Waals surface area (Å²) in [6, 6.07) is 0. The van der Waals surface area contributed by atoms with E-state index in [4.69, 9.17) is 20.1 Å². The van der Waals surface area contributed by atoms with Crippen LogP contribution >= 0.6 is 0 Å². The smallest absolute Gasteiger partial charge is 0.109 e. The van der Waals surface area contributed by atoms with Crippen molar-refractivity contribution in [3.05, 3.63) is 0 Å². The summed E-state index contributed by atoms with van der Waals surface area (Å²) in [5.74, 6) is 0. The fourth-order valence-corrected chi connectivity index (χ4v) is 1.20. The van der Waals surface area contributed by atoms with E-state index in [1.54, 1.807) is 0 Å². The third-order valence-electron chi connectivity index (χ3n) is 1.90. The SMILES string of the molecule is COC1CC(O)C(O)C1O. The first-order chi connectivity index (χ1) is 4.66. The number of aliphatic hydroxyl groups is 3. The second kappa shape index (κ2) is 2.84. The minimum atomic E-state index is -1.05. The third kappa shape index (κ3) is 1.15. The van der Waals surface area contributed by atoms with Crippen molar-refractivity contribution in [1.29, 1.82) is 0 Å². The zero-order chi connectivity index (χ0) is 7.72. The van der Waals surface area contributed by atoms with Gasteiger partial charge in [0.15, 0.2) is 0 Å². The summed E-state index contributed by atoms with van der Waals surface area (Å²) >= 11 is 0. The Morgan fingerprint density at radius 1 is 1.20 bits per heavy atom. The summed E-state index contributed by atoms with van der Waals surface area (Å²) in [7, 11) is 1.44. The van der Waals surface area contributed by atoms with Crippen LogP contribution in [0, 0.1) is 0 Å². The van der Waals surface area contributed by atoms with Crippen molar-refractivity contribution in [1.82, 2.24) is 0 Å².